The van der Waals surface area contributed by atoms with Crippen LogP contribution in [0.3, 0.4) is 0 Å². The molecule has 3 unspecified atom stereocenters. The third kappa shape index (κ3) is 2.21. The molecule has 0 aliphatic carbocycles. The van der Waals surface area contributed by atoms with E-state index in [2.05, 4.69) is 10.2 Å². The molecule has 5 heteroatoms. The van der Waals surface area contributed by atoms with Gasteiger partial charge in [0.2, 0.25) is 0 Å². The first-order valence-electron chi connectivity index (χ1n) is 7.24. The largest absolute Gasteiger partial charge is 0.317 e. The second kappa shape index (κ2) is 4.76. The molecule has 0 spiro atoms. The lowest BCUT2D eigenvalue weighted by Gasteiger charge is -2.39. The molecule has 0 amide bonds. The first kappa shape index (κ1) is 12.9. The lowest BCUT2D eigenvalue weighted by atomic mass is 9.97. The molecule has 1 N–H and O–H groups in total. The fourth-order valence-corrected chi connectivity index (χ4v) is 5.93. The highest BCUT2D eigenvalue weighted by Crippen LogP contribution is 2.37. The Morgan fingerprint density at radius 2 is 1.83 bits per heavy atom. The minimum absolute atomic E-state index is 0.0771. The summed E-state index contributed by atoms with van der Waals surface area (Å²) in [4.78, 5) is 2.52. The van der Waals surface area contributed by atoms with Gasteiger partial charge in [0, 0.05) is 24.7 Å². The number of nitrogens with one attached hydrogen (secondary N) is 1. The number of sulfone groups is 1. The Morgan fingerprint density at radius 1 is 1.17 bits per heavy atom. The van der Waals surface area contributed by atoms with Crippen LogP contribution in [-0.4, -0.2) is 56.0 Å². The van der Waals surface area contributed by atoms with Crippen molar-refractivity contribution in [1.29, 1.82) is 0 Å². The molecule has 3 saturated heterocycles. The van der Waals surface area contributed by atoms with E-state index in [0.717, 1.165) is 19.4 Å². The molecule has 4 nitrogen and oxygen atoms in total. The van der Waals surface area contributed by atoms with Gasteiger partial charge in [-0.05, 0) is 45.6 Å². The number of fused-ring (bicyclic) bond motifs is 2. The molecule has 0 aromatic rings. The van der Waals surface area contributed by atoms with Gasteiger partial charge < -0.3 is 5.32 Å². The Morgan fingerprint density at radius 3 is 2.33 bits per heavy atom. The Labute approximate surface area is 110 Å². The van der Waals surface area contributed by atoms with Crippen molar-refractivity contribution in [1.82, 2.24) is 10.2 Å². The predicted molar refractivity (Wildman–Crippen MR) is 72.4 cm³/mol. The first-order chi connectivity index (χ1) is 8.60. The van der Waals surface area contributed by atoms with Crippen molar-refractivity contribution in [3.8, 4) is 0 Å². The number of hydrogen-bond donors (Lipinski definition) is 1. The van der Waals surface area contributed by atoms with Gasteiger partial charge in [0.15, 0.2) is 9.84 Å². The molecule has 0 aromatic heterocycles. The maximum atomic E-state index is 12.0. The minimum Gasteiger partial charge on any atom is -0.317 e. The van der Waals surface area contributed by atoms with Crippen molar-refractivity contribution in [3.05, 3.63) is 0 Å². The van der Waals surface area contributed by atoms with E-state index < -0.39 is 9.84 Å². The molecular weight excluding hydrogens is 248 g/mol. The van der Waals surface area contributed by atoms with Crippen molar-refractivity contribution >= 4 is 9.84 Å². The quantitative estimate of drug-likeness (QED) is 0.825. The van der Waals surface area contributed by atoms with Crippen LogP contribution >= 0.6 is 0 Å². The van der Waals surface area contributed by atoms with E-state index >= 15 is 0 Å². The summed E-state index contributed by atoms with van der Waals surface area (Å²) in [6, 6.07) is 1.88. The lowest BCUT2D eigenvalue weighted by molar-refractivity contribution is 0.119. The van der Waals surface area contributed by atoms with Gasteiger partial charge in [-0.25, -0.2) is 8.42 Å². The van der Waals surface area contributed by atoms with Crippen molar-refractivity contribution in [2.45, 2.75) is 61.9 Å². The van der Waals surface area contributed by atoms with Crippen LogP contribution in [0.4, 0.5) is 0 Å². The van der Waals surface area contributed by atoms with E-state index in [-0.39, 0.29) is 5.25 Å². The van der Waals surface area contributed by atoms with Gasteiger partial charge in [0.05, 0.1) is 11.0 Å². The molecule has 104 valence electrons. The fourth-order valence-electron chi connectivity index (χ4n) is 4.11. The van der Waals surface area contributed by atoms with Crippen LogP contribution in [0.1, 0.15) is 38.5 Å². The molecule has 3 aliphatic rings. The molecule has 3 heterocycles. The highest BCUT2D eigenvalue weighted by atomic mass is 32.2. The maximum Gasteiger partial charge on any atom is 0.154 e. The van der Waals surface area contributed by atoms with Gasteiger partial charge in [0.1, 0.15) is 0 Å². The van der Waals surface area contributed by atoms with Gasteiger partial charge in [-0.2, -0.15) is 0 Å². The summed E-state index contributed by atoms with van der Waals surface area (Å²) in [7, 11) is -0.739. The molecule has 2 bridgehead atoms. The summed E-state index contributed by atoms with van der Waals surface area (Å²) in [6.07, 6.45) is 6.66. The standard InChI is InChI=1S/C13H24N2O2S/c1-14-10-7-11-4-5-12(8-10)15(11)9-13-3-2-6-18(13,16)17/h10-14H,2-9H2,1H3. The van der Waals surface area contributed by atoms with E-state index in [1.165, 1.54) is 25.7 Å². The summed E-state index contributed by atoms with van der Waals surface area (Å²) >= 11 is 0. The van der Waals surface area contributed by atoms with Crippen LogP contribution in [0, 0.1) is 0 Å². The maximum absolute atomic E-state index is 12.0. The Bertz CT molecular complexity index is 395. The normalized spacial score (nSPS) is 43.4. The van der Waals surface area contributed by atoms with Crippen LogP contribution < -0.4 is 5.32 Å². The van der Waals surface area contributed by atoms with Crippen molar-refractivity contribution < 1.29 is 8.42 Å². The van der Waals surface area contributed by atoms with Crippen molar-refractivity contribution in [2.24, 2.45) is 0 Å². The zero-order chi connectivity index (χ0) is 12.8. The number of nitrogens with zero attached hydrogens (tertiary/aromatic N) is 1. The van der Waals surface area contributed by atoms with E-state index in [0.29, 0.717) is 23.9 Å². The average Bonchev–Trinajstić information content (AvgIpc) is 2.77. The molecule has 0 aromatic carbocycles. The molecule has 0 radical (unpaired) electrons. The van der Waals surface area contributed by atoms with Crippen LogP contribution in [0.25, 0.3) is 0 Å². The van der Waals surface area contributed by atoms with Gasteiger partial charge in [-0.1, -0.05) is 0 Å². The van der Waals surface area contributed by atoms with Gasteiger partial charge >= 0.3 is 0 Å². The predicted octanol–water partition coefficient (Wildman–Crippen LogP) is 0.778. The molecule has 0 saturated carbocycles. The summed E-state index contributed by atoms with van der Waals surface area (Å²) in [5.74, 6) is 0.417. The summed E-state index contributed by atoms with van der Waals surface area (Å²) < 4.78 is 23.9. The molecule has 3 atom stereocenters. The fraction of sp³-hybridized carbons (Fsp3) is 1.00. The van der Waals surface area contributed by atoms with E-state index in [4.69, 9.17) is 0 Å². The van der Waals surface area contributed by atoms with Crippen LogP contribution in [-0.2, 0) is 9.84 Å². The first-order valence-corrected chi connectivity index (χ1v) is 8.96. The van der Waals surface area contributed by atoms with E-state index in [1.807, 2.05) is 7.05 Å². The highest BCUT2D eigenvalue weighted by Gasteiger charge is 2.43. The third-order valence-corrected chi connectivity index (χ3v) is 7.43. The van der Waals surface area contributed by atoms with Gasteiger partial charge in [-0.3, -0.25) is 4.90 Å². The monoisotopic (exact) mass is 272 g/mol. The average molecular weight is 272 g/mol. The number of hydrogen-bond acceptors (Lipinski definition) is 4. The summed E-state index contributed by atoms with van der Waals surface area (Å²) in [6.45, 7) is 0.800. The second-order valence-corrected chi connectivity index (χ2v) is 8.57. The molecule has 18 heavy (non-hydrogen) atoms. The Kier molecular flexibility index (Phi) is 3.41. The van der Waals surface area contributed by atoms with Gasteiger partial charge in [-0.15, -0.1) is 0 Å². The smallest absolute Gasteiger partial charge is 0.154 e. The molecule has 3 aliphatic heterocycles. The SMILES string of the molecule is CNC1CC2CCC(C1)N2CC1CCCS1(=O)=O. The topological polar surface area (TPSA) is 49.4 Å². The summed E-state index contributed by atoms with van der Waals surface area (Å²) in [5.41, 5.74) is 0. The zero-order valence-corrected chi connectivity index (χ0v) is 12.0. The van der Waals surface area contributed by atoms with Crippen LogP contribution in [0.2, 0.25) is 0 Å². The molecular formula is C13H24N2O2S. The lowest BCUT2D eigenvalue weighted by Crippen LogP contribution is -2.51. The zero-order valence-electron chi connectivity index (χ0n) is 11.1. The molecule has 3 rings (SSSR count). The third-order valence-electron chi connectivity index (χ3n) is 5.17. The van der Waals surface area contributed by atoms with E-state index in [9.17, 15) is 8.42 Å². The second-order valence-electron chi connectivity index (χ2n) is 6.17. The minimum atomic E-state index is -2.78. The molecule has 3 fully saturated rings. The Hall–Kier alpha value is -0.130. The number of rotatable bonds is 3. The highest BCUT2D eigenvalue weighted by molar-refractivity contribution is 7.92. The van der Waals surface area contributed by atoms with Crippen LogP contribution in [0.15, 0.2) is 0 Å². The van der Waals surface area contributed by atoms with Crippen LogP contribution in [0.5, 0.6) is 0 Å². The number of piperidine rings is 1. The Balaban J connectivity index is 1.68. The van der Waals surface area contributed by atoms with E-state index in [1.54, 1.807) is 0 Å². The van der Waals surface area contributed by atoms with Crippen molar-refractivity contribution in [2.75, 3.05) is 19.3 Å². The van der Waals surface area contributed by atoms with Gasteiger partial charge in [0.25, 0.3) is 0 Å². The van der Waals surface area contributed by atoms with Crippen molar-refractivity contribution in [3.63, 3.8) is 0 Å². The summed E-state index contributed by atoms with van der Waals surface area (Å²) in [5, 5.41) is 3.31.